The van der Waals surface area contributed by atoms with Gasteiger partial charge in [0.15, 0.2) is 6.04 Å². The Bertz CT molecular complexity index is 848. The Kier molecular flexibility index (Phi) is 5.08. The molecule has 1 aromatic carbocycles. The normalized spacial score (nSPS) is 11.7. The lowest BCUT2D eigenvalue weighted by molar-refractivity contribution is -0.143. The largest absolute Gasteiger partial charge is 0.467 e. The number of benzene rings is 1. The van der Waals surface area contributed by atoms with Gasteiger partial charge in [-0.2, -0.15) is 0 Å². The third-order valence-electron chi connectivity index (χ3n) is 3.35. The first-order chi connectivity index (χ1) is 11.3. The fourth-order valence-corrected chi connectivity index (χ4v) is 2.02. The van der Waals surface area contributed by atoms with Gasteiger partial charge in [-0.3, -0.25) is 9.59 Å². The molecule has 1 atom stereocenters. The summed E-state index contributed by atoms with van der Waals surface area (Å²) in [6.07, 6.45) is 1.37. The minimum atomic E-state index is -1.55. The van der Waals surface area contributed by atoms with Gasteiger partial charge in [0.1, 0.15) is 11.6 Å². The number of esters is 1. The van der Waals surface area contributed by atoms with E-state index < -0.39 is 35.1 Å². The van der Waals surface area contributed by atoms with Crippen molar-refractivity contribution in [3.8, 4) is 0 Å². The van der Waals surface area contributed by atoms with Crippen LogP contribution in [-0.4, -0.2) is 23.6 Å². The highest BCUT2D eigenvalue weighted by Crippen LogP contribution is 2.20. The Labute approximate surface area is 135 Å². The van der Waals surface area contributed by atoms with Gasteiger partial charge in [0, 0.05) is 30.4 Å². The summed E-state index contributed by atoms with van der Waals surface area (Å²) in [5.41, 5.74) is -0.836. The van der Waals surface area contributed by atoms with E-state index in [4.69, 9.17) is 0 Å². The summed E-state index contributed by atoms with van der Waals surface area (Å²) < 4.78 is 33.0. The van der Waals surface area contributed by atoms with Crippen LogP contribution in [0.2, 0.25) is 0 Å². The van der Waals surface area contributed by atoms with Crippen LogP contribution in [0.1, 0.15) is 22.0 Å². The highest BCUT2D eigenvalue weighted by atomic mass is 19.1. The molecule has 0 saturated carbocycles. The molecule has 0 fully saturated rings. The molecule has 8 heteroatoms. The van der Waals surface area contributed by atoms with Crippen LogP contribution in [0.4, 0.5) is 8.78 Å². The van der Waals surface area contributed by atoms with Gasteiger partial charge in [-0.1, -0.05) is 0 Å². The molecule has 6 nitrogen and oxygen atoms in total. The van der Waals surface area contributed by atoms with Crippen molar-refractivity contribution in [3.05, 3.63) is 69.6 Å². The number of nitrogens with zero attached hydrogens (tertiary/aromatic N) is 1. The average molecular weight is 336 g/mol. The number of hydrogen-bond donors (Lipinski definition) is 1. The molecule has 24 heavy (non-hydrogen) atoms. The molecule has 0 radical (unpaired) electrons. The number of aromatic nitrogens is 1. The maximum Gasteiger partial charge on any atom is 0.333 e. The molecule has 2 rings (SSSR count). The topological polar surface area (TPSA) is 77.4 Å². The van der Waals surface area contributed by atoms with Crippen molar-refractivity contribution in [1.29, 1.82) is 0 Å². The second-order valence-corrected chi connectivity index (χ2v) is 4.96. The van der Waals surface area contributed by atoms with E-state index in [0.717, 1.165) is 31.4 Å². The van der Waals surface area contributed by atoms with E-state index in [2.05, 4.69) is 10.1 Å². The number of pyridine rings is 1. The zero-order valence-electron chi connectivity index (χ0n) is 12.9. The first-order valence-electron chi connectivity index (χ1n) is 6.84. The second-order valence-electron chi connectivity index (χ2n) is 4.96. The molecule has 0 saturated heterocycles. The number of nitrogens with one attached hydrogen (secondary N) is 1. The Morgan fingerprint density at radius 3 is 2.54 bits per heavy atom. The molecular formula is C16H14F2N2O4. The molecule has 2 aromatic rings. The maximum atomic E-state index is 13.9. The summed E-state index contributed by atoms with van der Waals surface area (Å²) in [4.78, 5) is 35.7. The minimum absolute atomic E-state index is 0.0242. The van der Waals surface area contributed by atoms with Gasteiger partial charge in [0.2, 0.25) is 0 Å². The molecule has 1 heterocycles. The minimum Gasteiger partial charge on any atom is -0.467 e. The van der Waals surface area contributed by atoms with Gasteiger partial charge in [-0.15, -0.1) is 0 Å². The van der Waals surface area contributed by atoms with Crippen molar-refractivity contribution < 1.29 is 23.1 Å². The number of carbonyl (C=O) groups is 2. The van der Waals surface area contributed by atoms with Crippen molar-refractivity contribution in [2.75, 3.05) is 7.11 Å². The standard InChI is InChI=1S/C16H14F2N2O4/c1-20-6-5-9(7-13(20)21)15(22)19-14(16(23)24-2)11-8-10(17)3-4-12(11)18/h3-8,14H,1-2H3,(H,19,22). The fraction of sp³-hybridized carbons (Fsp3) is 0.188. The summed E-state index contributed by atoms with van der Waals surface area (Å²) in [5, 5.41) is 2.25. The Hall–Kier alpha value is -3.03. The third-order valence-corrected chi connectivity index (χ3v) is 3.35. The fourth-order valence-electron chi connectivity index (χ4n) is 2.02. The van der Waals surface area contributed by atoms with Crippen molar-refractivity contribution in [2.24, 2.45) is 7.05 Å². The first-order valence-corrected chi connectivity index (χ1v) is 6.84. The number of carbonyl (C=O) groups excluding carboxylic acids is 2. The lowest BCUT2D eigenvalue weighted by atomic mass is 10.1. The Morgan fingerprint density at radius 1 is 1.21 bits per heavy atom. The SMILES string of the molecule is COC(=O)C(NC(=O)c1ccn(C)c(=O)c1)c1cc(F)ccc1F. The zero-order chi connectivity index (χ0) is 17.9. The quantitative estimate of drug-likeness (QED) is 0.854. The lowest BCUT2D eigenvalue weighted by Gasteiger charge is -2.17. The van der Waals surface area contributed by atoms with E-state index in [9.17, 15) is 23.2 Å². The van der Waals surface area contributed by atoms with E-state index in [1.165, 1.54) is 23.9 Å². The van der Waals surface area contributed by atoms with Crippen LogP contribution in [0.5, 0.6) is 0 Å². The van der Waals surface area contributed by atoms with Crippen LogP contribution in [-0.2, 0) is 16.6 Å². The molecular weight excluding hydrogens is 322 g/mol. The lowest BCUT2D eigenvalue weighted by Crippen LogP contribution is -2.35. The van der Waals surface area contributed by atoms with Crippen LogP contribution in [0.25, 0.3) is 0 Å². The number of halogens is 2. The molecule has 1 unspecified atom stereocenters. The highest BCUT2D eigenvalue weighted by molar-refractivity contribution is 5.96. The summed E-state index contributed by atoms with van der Waals surface area (Å²) in [6, 6.07) is 3.38. The van der Waals surface area contributed by atoms with Crippen molar-refractivity contribution in [3.63, 3.8) is 0 Å². The summed E-state index contributed by atoms with van der Waals surface area (Å²) in [5.74, 6) is -3.43. The van der Waals surface area contributed by atoms with Gasteiger partial charge < -0.3 is 14.6 Å². The maximum absolute atomic E-state index is 13.9. The number of amides is 1. The number of hydrogen-bond acceptors (Lipinski definition) is 4. The molecule has 1 amide bonds. The molecule has 0 bridgehead atoms. The second kappa shape index (κ2) is 7.03. The van der Waals surface area contributed by atoms with Crippen molar-refractivity contribution in [1.82, 2.24) is 9.88 Å². The molecule has 0 aliphatic carbocycles. The van der Waals surface area contributed by atoms with E-state index in [1.54, 1.807) is 0 Å². The van der Waals surface area contributed by atoms with Gasteiger partial charge in [0.25, 0.3) is 11.5 Å². The molecule has 0 aliphatic heterocycles. The first kappa shape index (κ1) is 17.3. The zero-order valence-corrected chi connectivity index (χ0v) is 12.9. The summed E-state index contributed by atoms with van der Waals surface area (Å²) in [7, 11) is 2.56. The van der Waals surface area contributed by atoms with Crippen molar-refractivity contribution >= 4 is 11.9 Å². The summed E-state index contributed by atoms with van der Waals surface area (Å²) >= 11 is 0. The van der Waals surface area contributed by atoms with Crippen LogP contribution in [0.3, 0.4) is 0 Å². The number of aryl methyl sites for hydroxylation is 1. The number of ether oxygens (including phenoxy) is 1. The molecule has 0 spiro atoms. The number of methoxy groups -OCH3 is 1. The van der Waals surface area contributed by atoms with Crippen LogP contribution in [0.15, 0.2) is 41.3 Å². The smallest absolute Gasteiger partial charge is 0.333 e. The van der Waals surface area contributed by atoms with Crippen LogP contribution in [0, 0.1) is 11.6 Å². The highest BCUT2D eigenvalue weighted by Gasteiger charge is 2.27. The summed E-state index contributed by atoms with van der Waals surface area (Å²) in [6.45, 7) is 0. The molecule has 1 aromatic heterocycles. The van der Waals surface area contributed by atoms with Gasteiger partial charge in [-0.05, 0) is 24.3 Å². The molecule has 126 valence electrons. The number of rotatable bonds is 4. The molecule has 0 aliphatic rings. The predicted octanol–water partition coefficient (Wildman–Crippen LogP) is 1.31. The Balaban J connectivity index is 2.37. The van der Waals surface area contributed by atoms with Gasteiger partial charge in [-0.25, -0.2) is 13.6 Å². The van der Waals surface area contributed by atoms with Gasteiger partial charge in [0.05, 0.1) is 7.11 Å². The van der Waals surface area contributed by atoms with E-state index in [-0.39, 0.29) is 11.1 Å². The van der Waals surface area contributed by atoms with E-state index in [0.29, 0.717) is 0 Å². The van der Waals surface area contributed by atoms with Crippen molar-refractivity contribution in [2.45, 2.75) is 6.04 Å². The molecule has 1 N–H and O–H groups in total. The van der Waals surface area contributed by atoms with Crippen LogP contribution >= 0.6 is 0 Å². The van der Waals surface area contributed by atoms with Gasteiger partial charge >= 0.3 is 5.97 Å². The average Bonchev–Trinajstić information content (AvgIpc) is 2.56. The van der Waals surface area contributed by atoms with E-state index >= 15 is 0 Å². The van der Waals surface area contributed by atoms with Crippen LogP contribution < -0.4 is 10.9 Å². The third kappa shape index (κ3) is 3.65. The Morgan fingerprint density at radius 2 is 1.92 bits per heavy atom. The monoisotopic (exact) mass is 336 g/mol. The predicted molar refractivity (Wildman–Crippen MR) is 80.3 cm³/mol. The van der Waals surface area contributed by atoms with E-state index in [1.807, 2.05) is 0 Å².